The fraction of sp³-hybridized carbons (Fsp3) is 0.667. The first-order valence-corrected chi connectivity index (χ1v) is 7.13. The number of allylic oxidation sites excluding steroid dienone is 2. The van der Waals surface area contributed by atoms with Gasteiger partial charge in [-0.1, -0.05) is 12.2 Å². The predicted molar refractivity (Wildman–Crippen MR) is 74.5 cm³/mol. The molecule has 6 heteroatoms. The maximum atomic E-state index is 11.1. The van der Waals surface area contributed by atoms with Gasteiger partial charge in [0.05, 0.1) is 6.10 Å². The zero-order valence-electron chi connectivity index (χ0n) is 12.1. The topological polar surface area (TPSA) is 101 Å². The number of carbonyl (C=O) groups excluding carboxylic acids is 2. The summed E-state index contributed by atoms with van der Waals surface area (Å²) in [5.74, 6) is -2.00. The molecule has 4 atom stereocenters. The Hall–Kier alpha value is -1.69. The summed E-state index contributed by atoms with van der Waals surface area (Å²) in [6.45, 7) is 1.30. The summed E-state index contributed by atoms with van der Waals surface area (Å²) in [5, 5.41) is 18.4. The van der Waals surface area contributed by atoms with Gasteiger partial charge in [-0.25, -0.2) is 0 Å². The number of rotatable bonds is 8. The largest absolute Gasteiger partial charge is 0.481 e. The van der Waals surface area contributed by atoms with Gasteiger partial charge >= 0.3 is 11.9 Å². The van der Waals surface area contributed by atoms with Crippen LogP contribution in [0.15, 0.2) is 12.2 Å². The zero-order valence-corrected chi connectivity index (χ0v) is 12.1. The summed E-state index contributed by atoms with van der Waals surface area (Å²) in [7, 11) is 0. The van der Waals surface area contributed by atoms with Crippen molar-refractivity contribution in [2.75, 3.05) is 0 Å². The van der Waals surface area contributed by atoms with Crippen molar-refractivity contribution in [2.45, 2.75) is 51.2 Å². The number of esters is 1. The first kappa shape index (κ1) is 17.4. The molecule has 0 aromatic heterocycles. The molecule has 21 heavy (non-hydrogen) atoms. The summed E-state index contributed by atoms with van der Waals surface area (Å²) in [6.07, 6.45) is 5.34. The molecule has 118 valence electrons. The molecule has 1 saturated carbocycles. The smallest absolute Gasteiger partial charge is 0.303 e. The third-order valence-corrected chi connectivity index (χ3v) is 3.70. The number of ether oxygens (including phenoxy) is 1. The Balaban J connectivity index is 2.50. The van der Waals surface area contributed by atoms with E-state index in [0.29, 0.717) is 19.3 Å². The number of aldehydes is 1. The molecule has 0 spiro atoms. The Morgan fingerprint density at radius 2 is 2.05 bits per heavy atom. The van der Waals surface area contributed by atoms with Crippen LogP contribution in [0.25, 0.3) is 0 Å². The molecule has 0 heterocycles. The number of hydrogen-bond donors (Lipinski definition) is 2. The second-order valence-electron chi connectivity index (χ2n) is 5.32. The predicted octanol–water partition coefficient (Wildman–Crippen LogP) is 1.32. The highest BCUT2D eigenvalue weighted by Gasteiger charge is 2.43. The Bertz CT molecular complexity index is 403. The molecule has 1 fully saturated rings. The van der Waals surface area contributed by atoms with E-state index < -0.39 is 30.1 Å². The number of hydrogen-bond acceptors (Lipinski definition) is 5. The molecule has 6 nitrogen and oxygen atoms in total. The van der Waals surface area contributed by atoms with Gasteiger partial charge in [-0.2, -0.15) is 0 Å². The van der Waals surface area contributed by atoms with Crippen molar-refractivity contribution in [3.63, 3.8) is 0 Å². The van der Waals surface area contributed by atoms with E-state index in [4.69, 9.17) is 9.84 Å². The molecule has 1 aliphatic rings. The van der Waals surface area contributed by atoms with Crippen LogP contribution >= 0.6 is 0 Å². The van der Waals surface area contributed by atoms with Gasteiger partial charge < -0.3 is 19.7 Å². The Labute approximate surface area is 123 Å². The molecule has 0 aromatic rings. The Morgan fingerprint density at radius 3 is 2.62 bits per heavy atom. The van der Waals surface area contributed by atoms with E-state index in [9.17, 15) is 19.5 Å². The van der Waals surface area contributed by atoms with Crippen molar-refractivity contribution in [3.05, 3.63) is 12.2 Å². The highest BCUT2D eigenvalue weighted by Crippen LogP contribution is 2.36. The highest BCUT2D eigenvalue weighted by molar-refractivity contribution is 5.67. The SMILES string of the molecule is CC(=O)O[C@@H]1C[C@H](O)[C@@H](C=O)[C@@H]1CC=CCCCC(=O)O. The van der Waals surface area contributed by atoms with Crippen molar-refractivity contribution in [2.24, 2.45) is 11.8 Å². The van der Waals surface area contributed by atoms with E-state index in [2.05, 4.69) is 0 Å². The van der Waals surface area contributed by atoms with Crippen LogP contribution in [0.4, 0.5) is 0 Å². The average molecular weight is 298 g/mol. The first-order chi connectivity index (χ1) is 9.95. The molecular weight excluding hydrogens is 276 g/mol. The second kappa shape index (κ2) is 8.56. The molecule has 0 amide bonds. The van der Waals surface area contributed by atoms with Crippen molar-refractivity contribution in [1.29, 1.82) is 0 Å². The van der Waals surface area contributed by atoms with Crippen LogP contribution in [0.3, 0.4) is 0 Å². The van der Waals surface area contributed by atoms with Crippen LogP contribution in [-0.2, 0) is 19.1 Å². The lowest BCUT2D eigenvalue weighted by molar-refractivity contribution is -0.148. The molecule has 0 unspecified atom stereocenters. The van der Waals surface area contributed by atoms with Crippen molar-refractivity contribution in [1.82, 2.24) is 0 Å². The minimum Gasteiger partial charge on any atom is -0.481 e. The Kier molecular flexibility index (Phi) is 7.08. The molecule has 0 aromatic carbocycles. The summed E-state index contributed by atoms with van der Waals surface area (Å²) in [5.41, 5.74) is 0. The van der Waals surface area contributed by atoms with Gasteiger partial charge in [0, 0.05) is 31.6 Å². The number of carbonyl (C=O) groups is 3. The second-order valence-corrected chi connectivity index (χ2v) is 5.32. The van der Waals surface area contributed by atoms with Gasteiger partial charge in [0.1, 0.15) is 12.4 Å². The maximum Gasteiger partial charge on any atom is 0.303 e. The summed E-state index contributed by atoms with van der Waals surface area (Å²) in [6, 6.07) is 0. The minimum absolute atomic E-state index is 0.125. The van der Waals surface area contributed by atoms with Crippen LogP contribution in [-0.4, -0.2) is 40.6 Å². The number of aliphatic hydroxyl groups is 1. The van der Waals surface area contributed by atoms with E-state index in [0.717, 1.165) is 6.29 Å². The van der Waals surface area contributed by atoms with E-state index in [1.165, 1.54) is 6.92 Å². The summed E-state index contributed by atoms with van der Waals surface area (Å²) < 4.78 is 5.17. The third-order valence-electron chi connectivity index (χ3n) is 3.70. The van der Waals surface area contributed by atoms with E-state index in [-0.39, 0.29) is 18.8 Å². The minimum atomic E-state index is -0.821. The summed E-state index contributed by atoms with van der Waals surface area (Å²) in [4.78, 5) is 32.5. The third kappa shape index (κ3) is 5.67. The van der Waals surface area contributed by atoms with Gasteiger partial charge in [-0.15, -0.1) is 0 Å². The average Bonchev–Trinajstić information content (AvgIpc) is 2.67. The van der Waals surface area contributed by atoms with E-state index >= 15 is 0 Å². The number of carboxylic acids is 1. The number of carboxylic acid groups (broad SMARTS) is 1. The molecular formula is C15H22O6. The van der Waals surface area contributed by atoms with Crippen molar-refractivity contribution in [3.8, 4) is 0 Å². The fourth-order valence-corrected chi connectivity index (χ4v) is 2.69. The zero-order chi connectivity index (χ0) is 15.8. The van der Waals surface area contributed by atoms with Gasteiger partial charge in [-0.3, -0.25) is 9.59 Å². The van der Waals surface area contributed by atoms with Crippen LogP contribution in [0.1, 0.15) is 39.0 Å². The van der Waals surface area contributed by atoms with Crippen molar-refractivity contribution < 1.29 is 29.3 Å². The molecule has 0 aliphatic heterocycles. The quantitative estimate of drug-likeness (QED) is 0.303. The van der Waals surface area contributed by atoms with Crippen molar-refractivity contribution >= 4 is 18.2 Å². The monoisotopic (exact) mass is 298 g/mol. The van der Waals surface area contributed by atoms with Crippen LogP contribution in [0.2, 0.25) is 0 Å². The molecule has 0 saturated heterocycles. The van der Waals surface area contributed by atoms with Crippen LogP contribution < -0.4 is 0 Å². The highest BCUT2D eigenvalue weighted by atomic mass is 16.5. The fourth-order valence-electron chi connectivity index (χ4n) is 2.69. The number of aliphatic carboxylic acids is 1. The number of unbranched alkanes of at least 4 members (excludes halogenated alkanes) is 1. The lowest BCUT2D eigenvalue weighted by Crippen LogP contribution is -2.25. The lowest BCUT2D eigenvalue weighted by atomic mass is 9.91. The van der Waals surface area contributed by atoms with Crippen LogP contribution in [0, 0.1) is 11.8 Å². The van der Waals surface area contributed by atoms with Crippen LogP contribution in [0.5, 0.6) is 0 Å². The standard InChI is InChI=1S/C15H22O6/c1-10(17)21-14-8-13(18)12(9-16)11(14)6-4-2-3-5-7-15(19)20/h2,4,9,11-14,18H,3,5-8H2,1H3,(H,19,20)/t11-,12-,13-,14+/m0/s1. The first-order valence-electron chi connectivity index (χ1n) is 7.13. The molecule has 2 N–H and O–H groups in total. The normalized spacial score (nSPS) is 28.7. The van der Waals surface area contributed by atoms with Gasteiger partial charge in [0.15, 0.2) is 0 Å². The Morgan fingerprint density at radius 1 is 1.33 bits per heavy atom. The summed E-state index contributed by atoms with van der Waals surface area (Å²) >= 11 is 0. The number of aliphatic hydroxyl groups excluding tert-OH is 1. The van der Waals surface area contributed by atoms with Gasteiger partial charge in [0.25, 0.3) is 0 Å². The molecule has 0 radical (unpaired) electrons. The molecule has 0 bridgehead atoms. The van der Waals surface area contributed by atoms with Gasteiger partial charge in [0.2, 0.25) is 0 Å². The molecule has 1 rings (SSSR count). The van der Waals surface area contributed by atoms with E-state index in [1.54, 1.807) is 0 Å². The molecule has 1 aliphatic carbocycles. The van der Waals surface area contributed by atoms with E-state index in [1.807, 2.05) is 12.2 Å². The lowest BCUT2D eigenvalue weighted by Gasteiger charge is -2.20. The maximum absolute atomic E-state index is 11.1. The van der Waals surface area contributed by atoms with Gasteiger partial charge in [-0.05, 0) is 19.3 Å².